The molecule has 2 fully saturated rings. The number of methoxy groups -OCH3 is 1. The van der Waals surface area contributed by atoms with Gasteiger partial charge in [0, 0.05) is 26.2 Å². The van der Waals surface area contributed by atoms with E-state index >= 15 is 0 Å². The van der Waals surface area contributed by atoms with Crippen molar-refractivity contribution in [3.63, 3.8) is 0 Å². The van der Waals surface area contributed by atoms with E-state index in [9.17, 15) is 0 Å². The van der Waals surface area contributed by atoms with E-state index in [1.165, 1.54) is 38.8 Å². The SMILES string of the molecule is COCC(CNC1CC1)OCCN1CCCC1. The Morgan fingerprint density at radius 3 is 2.71 bits per heavy atom. The molecule has 0 aromatic heterocycles. The van der Waals surface area contributed by atoms with E-state index in [1.807, 2.05) is 0 Å². The summed E-state index contributed by atoms with van der Waals surface area (Å²) < 4.78 is 11.1. The van der Waals surface area contributed by atoms with Gasteiger partial charge in [-0.2, -0.15) is 0 Å². The fraction of sp³-hybridized carbons (Fsp3) is 1.00. The first-order valence-electron chi connectivity index (χ1n) is 6.95. The Morgan fingerprint density at radius 2 is 2.06 bits per heavy atom. The number of rotatable bonds is 9. The van der Waals surface area contributed by atoms with Crippen molar-refractivity contribution in [1.82, 2.24) is 10.2 Å². The van der Waals surface area contributed by atoms with Crippen LogP contribution in [0.3, 0.4) is 0 Å². The lowest BCUT2D eigenvalue weighted by Gasteiger charge is -2.20. The van der Waals surface area contributed by atoms with Crippen LogP contribution in [0.4, 0.5) is 0 Å². The number of nitrogens with zero attached hydrogens (tertiary/aromatic N) is 1. The summed E-state index contributed by atoms with van der Waals surface area (Å²) in [5, 5.41) is 3.50. The molecule has 1 saturated carbocycles. The monoisotopic (exact) mass is 242 g/mol. The van der Waals surface area contributed by atoms with Crippen LogP contribution in [0.2, 0.25) is 0 Å². The van der Waals surface area contributed by atoms with Gasteiger partial charge < -0.3 is 19.7 Å². The molecule has 1 N–H and O–H groups in total. The highest BCUT2D eigenvalue weighted by atomic mass is 16.5. The lowest BCUT2D eigenvalue weighted by Crippen LogP contribution is -2.36. The van der Waals surface area contributed by atoms with Crippen molar-refractivity contribution in [2.45, 2.75) is 37.8 Å². The van der Waals surface area contributed by atoms with Gasteiger partial charge in [-0.3, -0.25) is 0 Å². The summed E-state index contributed by atoms with van der Waals surface area (Å²) in [5.74, 6) is 0. The Labute approximate surface area is 105 Å². The lowest BCUT2D eigenvalue weighted by atomic mass is 10.3. The second kappa shape index (κ2) is 7.31. The molecule has 1 heterocycles. The topological polar surface area (TPSA) is 33.7 Å². The highest BCUT2D eigenvalue weighted by molar-refractivity contribution is 4.82. The molecular formula is C13H26N2O2. The first kappa shape index (κ1) is 13.3. The van der Waals surface area contributed by atoms with E-state index in [4.69, 9.17) is 9.47 Å². The molecule has 2 rings (SSSR count). The number of hydrogen-bond acceptors (Lipinski definition) is 4. The van der Waals surface area contributed by atoms with Crippen LogP contribution in [0.1, 0.15) is 25.7 Å². The summed E-state index contributed by atoms with van der Waals surface area (Å²) in [6.07, 6.45) is 5.57. The zero-order valence-electron chi connectivity index (χ0n) is 11.0. The van der Waals surface area contributed by atoms with Gasteiger partial charge in [0.2, 0.25) is 0 Å². The molecule has 17 heavy (non-hydrogen) atoms. The molecule has 2 aliphatic rings. The molecule has 0 spiro atoms. The molecule has 0 aromatic rings. The van der Waals surface area contributed by atoms with E-state index in [0.29, 0.717) is 6.61 Å². The Balaban J connectivity index is 1.54. The standard InChI is InChI=1S/C13H26N2O2/c1-16-11-13(10-14-12-4-5-12)17-9-8-15-6-2-3-7-15/h12-14H,2-11H2,1H3. The molecule has 0 aromatic carbocycles. The van der Waals surface area contributed by atoms with Crippen molar-refractivity contribution in [2.75, 3.05) is 46.5 Å². The average molecular weight is 242 g/mol. The van der Waals surface area contributed by atoms with Crippen molar-refractivity contribution in [2.24, 2.45) is 0 Å². The normalized spacial score (nSPS) is 23.1. The van der Waals surface area contributed by atoms with Crippen LogP contribution in [0, 0.1) is 0 Å². The number of likely N-dealkylation sites (tertiary alicyclic amines) is 1. The zero-order chi connectivity index (χ0) is 11.9. The molecule has 1 saturated heterocycles. The fourth-order valence-corrected chi connectivity index (χ4v) is 2.29. The van der Waals surface area contributed by atoms with Gasteiger partial charge >= 0.3 is 0 Å². The first-order valence-corrected chi connectivity index (χ1v) is 6.95. The molecule has 1 unspecified atom stereocenters. The van der Waals surface area contributed by atoms with Crippen LogP contribution in [0.15, 0.2) is 0 Å². The Hall–Kier alpha value is -0.160. The predicted octanol–water partition coefficient (Wildman–Crippen LogP) is 0.866. The van der Waals surface area contributed by atoms with Crippen LogP contribution in [-0.4, -0.2) is 63.5 Å². The molecule has 1 aliphatic carbocycles. The molecule has 1 atom stereocenters. The highest BCUT2D eigenvalue weighted by Gasteiger charge is 2.22. The van der Waals surface area contributed by atoms with E-state index in [2.05, 4.69) is 10.2 Å². The van der Waals surface area contributed by atoms with Gasteiger partial charge in [0.15, 0.2) is 0 Å². The summed E-state index contributed by atoms with van der Waals surface area (Å²) >= 11 is 0. The van der Waals surface area contributed by atoms with Crippen molar-refractivity contribution < 1.29 is 9.47 Å². The van der Waals surface area contributed by atoms with Crippen LogP contribution in [-0.2, 0) is 9.47 Å². The second-order valence-electron chi connectivity index (χ2n) is 5.18. The van der Waals surface area contributed by atoms with Crippen molar-refractivity contribution in [3.05, 3.63) is 0 Å². The molecule has 0 radical (unpaired) electrons. The molecule has 100 valence electrons. The van der Waals surface area contributed by atoms with Crippen LogP contribution in [0.25, 0.3) is 0 Å². The maximum absolute atomic E-state index is 5.89. The minimum Gasteiger partial charge on any atom is -0.382 e. The largest absolute Gasteiger partial charge is 0.382 e. The second-order valence-corrected chi connectivity index (χ2v) is 5.18. The third-order valence-corrected chi connectivity index (χ3v) is 3.52. The smallest absolute Gasteiger partial charge is 0.0933 e. The van der Waals surface area contributed by atoms with Gasteiger partial charge in [-0.15, -0.1) is 0 Å². The maximum atomic E-state index is 5.89. The lowest BCUT2D eigenvalue weighted by molar-refractivity contribution is -0.00741. The molecular weight excluding hydrogens is 216 g/mol. The van der Waals surface area contributed by atoms with Gasteiger partial charge in [-0.05, 0) is 38.8 Å². The summed E-state index contributed by atoms with van der Waals surface area (Å²) in [5.41, 5.74) is 0. The molecule has 0 bridgehead atoms. The Morgan fingerprint density at radius 1 is 1.29 bits per heavy atom. The van der Waals surface area contributed by atoms with E-state index in [-0.39, 0.29) is 6.10 Å². The fourth-order valence-electron chi connectivity index (χ4n) is 2.29. The minimum atomic E-state index is 0.211. The zero-order valence-corrected chi connectivity index (χ0v) is 11.0. The van der Waals surface area contributed by atoms with Gasteiger partial charge in [0.25, 0.3) is 0 Å². The van der Waals surface area contributed by atoms with Gasteiger partial charge in [-0.25, -0.2) is 0 Å². The number of hydrogen-bond donors (Lipinski definition) is 1. The van der Waals surface area contributed by atoms with Crippen molar-refractivity contribution in [3.8, 4) is 0 Å². The maximum Gasteiger partial charge on any atom is 0.0933 e. The van der Waals surface area contributed by atoms with E-state index in [0.717, 1.165) is 25.7 Å². The third kappa shape index (κ3) is 5.34. The van der Waals surface area contributed by atoms with E-state index in [1.54, 1.807) is 7.11 Å². The van der Waals surface area contributed by atoms with Gasteiger partial charge in [0.05, 0.1) is 19.3 Å². The highest BCUT2D eigenvalue weighted by Crippen LogP contribution is 2.18. The number of ether oxygens (including phenoxy) is 2. The summed E-state index contributed by atoms with van der Waals surface area (Å²) in [6.45, 7) is 6.03. The Bertz CT molecular complexity index is 204. The molecule has 0 amide bonds. The van der Waals surface area contributed by atoms with Crippen LogP contribution < -0.4 is 5.32 Å². The van der Waals surface area contributed by atoms with Crippen molar-refractivity contribution in [1.29, 1.82) is 0 Å². The minimum absolute atomic E-state index is 0.211. The molecule has 4 heteroatoms. The summed E-state index contributed by atoms with van der Waals surface area (Å²) in [6, 6.07) is 0.747. The summed E-state index contributed by atoms with van der Waals surface area (Å²) in [7, 11) is 1.74. The average Bonchev–Trinajstić information content (AvgIpc) is 3.02. The van der Waals surface area contributed by atoms with E-state index < -0.39 is 0 Å². The third-order valence-electron chi connectivity index (χ3n) is 3.52. The van der Waals surface area contributed by atoms with Crippen LogP contribution >= 0.6 is 0 Å². The summed E-state index contributed by atoms with van der Waals surface area (Å²) in [4.78, 5) is 2.48. The quantitative estimate of drug-likeness (QED) is 0.650. The first-order chi connectivity index (χ1) is 8.38. The van der Waals surface area contributed by atoms with Gasteiger partial charge in [-0.1, -0.05) is 0 Å². The van der Waals surface area contributed by atoms with Gasteiger partial charge in [0.1, 0.15) is 0 Å². The van der Waals surface area contributed by atoms with Crippen LogP contribution in [0.5, 0.6) is 0 Å². The number of nitrogens with one attached hydrogen (secondary N) is 1. The molecule has 4 nitrogen and oxygen atoms in total. The predicted molar refractivity (Wildman–Crippen MR) is 68.3 cm³/mol. The molecule has 1 aliphatic heterocycles. The Kier molecular flexibility index (Phi) is 5.71. The van der Waals surface area contributed by atoms with Crippen molar-refractivity contribution >= 4 is 0 Å².